The molecule has 0 aliphatic carbocycles. The molecule has 8 heteroatoms. The van der Waals surface area contributed by atoms with Crippen LogP contribution in [-0.2, 0) is 14.4 Å². The fourth-order valence-corrected chi connectivity index (χ4v) is 1.17. The molecule has 8 nitrogen and oxygen atoms in total. The van der Waals surface area contributed by atoms with Gasteiger partial charge in [0.05, 0.1) is 6.54 Å². The summed E-state index contributed by atoms with van der Waals surface area (Å²) in [5.74, 6) is -1.94. The van der Waals surface area contributed by atoms with Gasteiger partial charge in [-0.1, -0.05) is 0 Å². The van der Waals surface area contributed by atoms with Crippen molar-refractivity contribution in [1.82, 2.24) is 16.0 Å². The zero-order chi connectivity index (χ0) is 14.8. The summed E-state index contributed by atoms with van der Waals surface area (Å²) >= 11 is 0. The van der Waals surface area contributed by atoms with Crippen molar-refractivity contribution in [3.8, 4) is 0 Å². The van der Waals surface area contributed by atoms with Gasteiger partial charge >= 0.3 is 12.0 Å². The first-order valence-corrected chi connectivity index (χ1v) is 5.90. The van der Waals surface area contributed by atoms with Crippen molar-refractivity contribution >= 4 is 23.8 Å². The molecule has 0 bridgehead atoms. The molecule has 0 atom stereocenters. The molecule has 0 rings (SSSR count). The fraction of sp³-hybridized carbons (Fsp3) is 0.636. The van der Waals surface area contributed by atoms with Gasteiger partial charge in [0.2, 0.25) is 11.8 Å². The normalized spacial score (nSPS) is 9.84. The van der Waals surface area contributed by atoms with Gasteiger partial charge in [-0.25, -0.2) is 4.79 Å². The Balaban J connectivity index is 3.76. The van der Waals surface area contributed by atoms with Gasteiger partial charge in [0, 0.05) is 18.9 Å². The van der Waals surface area contributed by atoms with E-state index in [9.17, 15) is 19.2 Å². The average molecular weight is 273 g/mol. The van der Waals surface area contributed by atoms with Crippen LogP contribution in [0.5, 0.6) is 0 Å². The number of urea groups is 1. The molecule has 0 spiro atoms. The maximum absolute atomic E-state index is 11.2. The highest BCUT2D eigenvalue weighted by atomic mass is 16.4. The summed E-state index contributed by atoms with van der Waals surface area (Å²) in [5, 5.41) is 15.2. The number of carboxylic acid groups (broad SMARTS) is 1. The van der Waals surface area contributed by atoms with E-state index in [1.165, 1.54) is 0 Å². The standard InChI is InChI=1S/C11H19N3O5/c1-7(2)13-9(16)6-12-11(19)14-8(15)4-3-5-10(17)18/h7H,3-6H2,1-2H3,(H,13,16)(H,17,18)(H2,12,14,15,19). The van der Waals surface area contributed by atoms with Gasteiger partial charge in [-0.15, -0.1) is 0 Å². The summed E-state index contributed by atoms with van der Waals surface area (Å²) in [6, 6.07) is -0.811. The maximum Gasteiger partial charge on any atom is 0.321 e. The van der Waals surface area contributed by atoms with Crippen molar-refractivity contribution in [3.05, 3.63) is 0 Å². The first kappa shape index (κ1) is 16.9. The monoisotopic (exact) mass is 273 g/mol. The average Bonchev–Trinajstić information content (AvgIpc) is 2.24. The highest BCUT2D eigenvalue weighted by Crippen LogP contribution is 1.94. The number of amides is 4. The molecule has 0 saturated heterocycles. The molecular weight excluding hydrogens is 254 g/mol. The minimum atomic E-state index is -0.998. The number of carboxylic acids is 1. The van der Waals surface area contributed by atoms with E-state index in [0.29, 0.717) is 0 Å². The van der Waals surface area contributed by atoms with E-state index < -0.39 is 17.9 Å². The van der Waals surface area contributed by atoms with Crippen molar-refractivity contribution < 1.29 is 24.3 Å². The fourth-order valence-electron chi connectivity index (χ4n) is 1.17. The summed E-state index contributed by atoms with van der Waals surface area (Å²) < 4.78 is 0. The van der Waals surface area contributed by atoms with Gasteiger partial charge in [0.1, 0.15) is 0 Å². The number of imide groups is 1. The third-order valence-electron chi connectivity index (χ3n) is 1.91. The zero-order valence-electron chi connectivity index (χ0n) is 11.0. The summed E-state index contributed by atoms with van der Waals surface area (Å²) in [6.07, 6.45) is -0.0357. The van der Waals surface area contributed by atoms with Crippen LogP contribution in [0.1, 0.15) is 33.1 Å². The van der Waals surface area contributed by atoms with E-state index in [0.717, 1.165) is 0 Å². The molecule has 0 unspecified atom stereocenters. The predicted molar refractivity (Wildman–Crippen MR) is 66.3 cm³/mol. The van der Waals surface area contributed by atoms with Crippen molar-refractivity contribution in [2.24, 2.45) is 0 Å². The van der Waals surface area contributed by atoms with Crippen molar-refractivity contribution in [3.63, 3.8) is 0 Å². The van der Waals surface area contributed by atoms with Gasteiger partial charge in [0.15, 0.2) is 0 Å². The minimum absolute atomic E-state index is 0.0324. The summed E-state index contributed by atoms with van der Waals surface area (Å²) in [4.78, 5) is 43.8. The Bertz CT molecular complexity index is 354. The Hall–Kier alpha value is -2.12. The quantitative estimate of drug-likeness (QED) is 0.502. The van der Waals surface area contributed by atoms with Crippen LogP contribution in [-0.4, -0.2) is 41.5 Å². The Morgan fingerprint density at radius 2 is 1.68 bits per heavy atom. The van der Waals surface area contributed by atoms with Crippen LogP contribution in [0.15, 0.2) is 0 Å². The SMILES string of the molecule is CC(C)NC(=O)CNC(=O)NC(=O)CCCC(=O)O. The molecule has 0 radical (unpaired) electrons. The van der Waals surface area contributed by atoms with E-state index in [1.54, 1.807) is 13.8 Å². The molecule has 0 saturated carbocycles. The molecule has 0 aromatic heterocycles. The van der Waals surface area contributed by atoms with E-state index in [2.05, 4.69) is 10.6 Å². The lowest BCUT2D eigenvalue weighted by Crippen LogP contribution is -2.45. The second-order valence-corrected chi connectivity index (χ2v) is 4.20. The predicted octanol–water partition coefficient (Wildman–Crippen LogP) is -0.408. The number of aliphatic carboxylic acids is 1. The van der Waals surface area contributed by atoms with Gasteiger partial charge in [-0.2, -0.15) is 0 Å². The minimum Gasteiger partial charge on any atom is -0.481 e. The number of hydrogen-bond acceptors (Lipinski definition) is 4. The molecule has 4 N–H and O–H groups in total. The Morgan fingerprint density at radius 3 is 2.21 bits per heavy atom. The molecule has 0 aliphatic heterocycles. The van der Waals surface area contributed by atoms with Crippen LogP contribution in [0.25, 0.3) is 0 Å². The molecule has 0 aliphatic rings. The third kappa shape index (κ3) is 10.7. The largest absolute Gasteiger partial charge is 0.481 e. The Labute approximate surface area is 110 Å². The van der Waals surface area contributed by atoms with Crippen LogP contribution < -0.4 is 16.0 Å². The first-order valence-electron chi connectivity index (χ1n) is 5.90. The number of carbonyl (C=O) groups is 4. The van der Waals surface area contributed by atoms with Gasteiger partial charge in [-0.05, 0) is 20.3 Å². The zero-order valence-corrected chi connectivity index (χ0v) is 11.0. The van der Waals surface area contributed by atoms with E-state index >= 15 is 0 Å². The van der Waals surface area contributed by atoms with Crippen LogP contribution in [0, 0.1) is 0 Å². The number of nitrogens with one attached hydrogen (secondary N) is 3. The lowest BCUT2D eigenvalue weighted by Gasteiger charge is -2.09. The van der Waals surface area contributed by atoms with Gasteiger partial charge < -0.3 is 15.7 Å². The molecule has 0 heterocycles. The number of rotatable bonds is 7. The first-order chi connectivity index (χ1) is 8.81. The summed E-state index contributed by atoms with van der Waals surface area (Å²) in [5.41, 5.74) is 0. The lowest BCUT2D eigenvalue weighted by atomic mass is 10.2. The molecular formula is C11H19N3O5. The molecule has 0 fully saturated rings. The maximum atomic E-state index is 11.2. The van der Waals surface area contributed by atoms with E-state index in [4.69, 9.17) is 5.11 Å². The highest BCUT2D eigenvalue weighted by Gasteiger charge is 2.10. The molecule has 4 amide bonds. The van der Waals surface area contributed by atoms with Crippen LogP contribution >= 0.6 is 0 Å². The van der Waals surface area contributed by atoms with E-state index in [1.807, 2.05) is 5.32 Å². The molecule has 0 aromatic carbocycles. The highest BCUT2D eigenvalue weighted by molar-refractivity contribution is 5.95. The second-order valence-electron chi connectivity index (χ2n) is 4.20. The molecule has 108 valence electrons. The van der Waals surface area contributed by atoms with Crippen LogP contribution in [0.4, 0.5) is 4.79 Å². The Morgan fingerprint density at radius 1 is 1.05 bits per heavy atom. The molecule has 19 heavy (non-hydrogen) atoms. The third-order valence-corrected chi connectivity index (χ3v) is 1.91. The van der Waals surface area contributed by atoms with Gasteiger partial charge in [0.25, 0.3) is 0 Å². The van der Waals surface area contributed by atoms with E-state index in [-0.39, 0.29) is 37.8 Å². The second kappa shape index (κ2) is 8.90. The molecule has 0 aromatic rings. The summed E-state index contributed by atoms with van der Waals surface area (Å²) in [7, 11) is 0. The lowest BCUT2D eigenvalue weighted by molar-refractivity contribution is -0.137. The van der Waals surface area contributed by atoms with Crippen molar-refractivity contribution in [2.45, 2.75) is 39.2 Å². The Kier molecular flexibility index (Phi) is 7.90. The summed E-state index contributed by atoms with van der Waals surface area (Å²) in [6.45, 7) is 3.33. The van der Waals surface area contributed by atoms with Gasteiger partial charge in [-0.3, -0.25) is 19.7 Å². The van der Waals surface area contributed by atoms with Crippen molar-refractivity contribution in [2.75, 3.05) is 6.54 Å². The van der Waals surface area contributed by atoms with Crippen LogP contribution in [0.2, 0.25) is 0 Å². The number of carbonyl (C=O) groups excluding carboxylic acids is 3. The van der Waals surface area contributed by atoms with Crippen molar-refractivity contribution in [1.29, 1.82) is 0 Å². The smallest absolute Gasteiger partial charge is 0.321 e. The number of hydrogen-bond donors (Lipinski definition) is 4. The topological polar surface area (TPSA) is 125 Å². The van der Waals surface area contributed by atoms with Crippen LogP contribution in [0.3, 0.4) is 0 Å².